The lowest BCUT2D eigenvalue weighted by molar-refractivity contribution is 0.0670. The Morgan fingerprint density at radius 2 is 2.00 bits per heavy atom. The largest absolute Gasteiger partial charge is 0.497 e. The first-order chi connectivity index (χ1) is 12.3. The van der Waals surface area contributed by atoms with Crippen molar-refractivity contribution in [3.05, 3.63) is 59.7 Å². The fraction of sp³-hybridized carbons (Fsp3) is 0.350. The summed E-state index contributed by atoms with van der Waals surface area (Å²) in [6, 6.07) is 14.9. The van der Waals surface area contributed by atoms with E-state index in [1.165, 1.54) is 0 Å². The second-order valence-electron chi connectivity index (χ2n) is 5.97. The second kappa shape index (κ2) is 8.53. The van der Waals surface area contributed by atoms with Gasteiger partial charge in [-0.1, -0.05) is 24.3 Å². The van der Waals surface area contributed by atoms with Crippen molar-refractivity contribution in [2.24, 2.45) is 0 Å². The molecule has 0 aliphatic carbocycles. The zero-order valence-electron chi connectivity index (χ0n) is 14.4. The third-order valence-electron chi connectivity index (χ3n) is 4.19. The predicted molar refractivity (Wildman–Crippen MR) is 95.1 cm³/mol. The van der Waals surface area contributed by atoms with Gasteiger partial charge in [0, 0.05) is 13.2 Å². The number of rotatable bonds is 7. The van der Waals surface area contributed by atoms with Crippen molar-refractivity contribution in [1.82, 2.24) is 5.32 Å². The van der Waals surface area contributed by atoms with Gasteiger partial charge < -0.3 is 19.5 Å². The monoisotopic (exact) mass is 341 g/mol. The summed E-state index contributed by atoms with van der Waals surface area (Å²) in [5, 5.41) is 2.93. The highest BCUT2D eigenvalue weighted by Crippen LogP contribution is 2.20. The van der Waals surface area contributed by atoms with Crippen LogP contribution >= 0.6 is 0 Å². The lowest BCUT2D eigenvalue weighted by Gasteiger charge is -2.14. The van der Waals surface area contributed by atoms with Crippen LogP contribution in [0.4, 0.5) is 0 Å². The molecule has 5 nitrogen and oxygen atoms in total. The van der Waals surface area contributed by atoms with E-state index >= 15 is 0 Å². The molecule has 2 aromatic carbocycles. The Bertz CT molecular complexity index is 693. The van der Waals surface area contributed by atoms with Gasteiger partial charge in [0.15, 0.2) is 0 Å². The normalized spacial score (nSPS) is 16.4. The summed E-state index contributed by atoms with van der Waals surface area (Å²) in [4.78, 5) is 12.5. The lowest BCUT2D eigenvalue weighted by Crippen LogP contribution is -2.24. The van der Waals surface area contributed by atoms with E-state index in [1.807, 2.05) is 42.5 Å². The van der Waals surface area contributed by atoms with Crippen molar-refractivity contribution in [3.8, 4) is 11.5 Å². The summed E-state index contributed by atoms with van der Waals surface area (Å²) in [6.07, 6.45) is 2.19. The van der Waals surface area contributed by atoms with E-state index in [-0.39, 0.29) is 12.0 Å². The van der Waals surface area contributed by atoms with E-state index in [4.69, 9.17) is 14.2 Å². The third-order valence-corrected chi connectivity index (χ3v) is 4.19. The number of hydrogen-bond acceptors (Lipinski definition) is 4. The molecular weight excluding hydrogens is 318 g/mol. The summed E-state index contributed by atoms with van der Waals surface area (Å²) in [5.41, 5.74) is 1.54. The average molecular weight is 341 g/mol. The van der Waals surface area contributed by atoms with Crippen LogP contribution in [0.3, 0.4) is 0 Å². The molecule has 1 aliphatic heterocycles. The molecule has 1 atom stereocenters. The molecule has 0 radical (unpaired) electrons. The average Bonchev–Trinajstić information content (AvgIpc) is 3.18. The molecule has 1 amide bonds. The standard InChI is InChI=1S/C20H23NO4/c1-23-16-10-8-15(9-11-16)13-21-20(22)18-6-2-3-7-19(18)25-14-17-5-4-12-24-17/h2-3,6-11,17H,4-5,12-14H2,1H3,(H,21,22). The van der Waals surface area contributed by atoms with Crippen LogP contribution in [0.25, 0.3) is 0 Å². The van der Waals surface area contributed by atoms with Gasteiger partial charge in [-0.25, -0.2) is 0 Å². The van der Waals surface area contributed by atoms with Gasteiger partial charge in [0.05, 0.1) is 18.8 Å². The number of amides is 1. The quantitative estimate of drug-likeness (QED) is 0.840. The van der Waals surface area contributed by atoms with Crippen molar-refractivity contribution in [2.45, 2.75) is 25.5 Å². The maximum Gasteiger partial charge on any atom is 0.255 e. The summed E-state index contributed by atoms with van der Waals surface area (Å²) in [5.74, 6) is 1.23. The number of benzene rings is 2. The molecular formula is C20H23NO4. The molecule has 1 aliphatic rings. The molecule has 1 unspecified atom stereocenters. The molecule has 2 aromatic rings. The van der Waals surface area contributed by atoms with Gasteiger partial charge in [-0.15, -0.1) is 0 Å². The predicted octanol–water partition coefficient (Wildman–Crippen LogP) is 3.18. The highest BCUT2D eigenvalue weighted by Gasteiger charge is 2.18. The van der Waals surface area contributed by atoms with Crippen LogP contribution < -0.4 is 14.8 Å². The number of nitrogens with one attached hydrogen (secondary N) is 1. The molecule has 1 fully saturated rings. The number of ether oxygens (including phenoxy) is 3. The van der Waals surface area contributed by atoms with Gasteiger partial charge in [-0.05, 0) is 42.7 Å². The zero-order valence-corrected chi connectivity index (χ0v) is 14.4. The topological polar surface area (TPSA) is 56.8 Å². The Morgan fingerprint density at radius 1 is 1.20 bits per heavy atom. The van der Waals surface area contributed by atoms with Crippen LogP contribution in [0.15, 0.2) is 48.5 Å². The number of carbonyl (C=O) groups excluding carboxylic acids is 1. The van der Waals surface area contributed by atoms with Gasteiger partial charge in [-0.3, -0.25) is 4.79 Å². The highest BCUT2D eigenvalue weighted by atomic mass is 16.5. The Morgan fingerprint density at radius 3 is 2.72 bits per heavy atom. The molecule has 0 spiro atoms. The van der Waals surface area contributed by atoms with Crippen molar-refractivity contribution in [3.63, 3.8) is 0 Å². The van der Waals surface area contributed by atoms with E-state index in [2.05, 4.69) is 5.32 Å². The van der Waals surface area contributed by atoms with E-state index in [9.17, 15) is 4.79 Å². The highest BCUT2D eigenvalue weighted by molar-refractivity contribution is 5.96. The van der Waals surface area contributed by atoms with Crippen LogP contribution in [0.5, 0.6) is 11.5 Å². The van der Waals surface area contributed by atoms with Crippen LogP contribution in [0.2, 0.25) is 0 Å². The van der Waals surface area contributed by atoms with E-state index in [1.54, 1.807) is 13.2 Å². The van der Waals surface area contributed by atoms with E-state index in [0.29, 0.717) is 24.5 Å². The SMILES string of the molecule is COc1ccc(CNC(=O)c2ccccc2OCC2CCCO2)cc1. The molecule has 5 heteroatoms. The van der Waals surface area contributed by atoms with E-state index < -0.39 is 0 Å². The first-order valence-electron chi connectivity index (χ1n) is 8.51. The fourth-order valence-electron chi connectivity index (χ4n) is 2.76. The van der Waals surface area contributed by atoms with Crippen LogP contribution in [0.1, 0.15) is 28.8 Å². The molecule has 25 heavy (non-hydrogen) atoms. The van der Waals surface area contributed by atoms with Crippen molar-refractivity contribution in [1.29, 1.82) is 0 Å². The summed E-state index contributed by atoms with van der Waals surface area (Å²) in [6.45, 7) is 1.71. The van der Waals surface area contributed by atoms with Crippen LogP contribution in [-0.2, 0) is 11.3 Å². The molecule has 1 heterocycles. The molecule has 1 saturated heterocycles. The van der Waals surface area contributed by atoms with Gasteiger partial charge >= 0.3 is 0 Å². The minimum atomic E-state index is -0.154. The number of para-hydroxylation sites is 1. The van der Waals surface area contributed by atoms with Gasteiger partial charge in [-0.2, -0.15) is 0 Å². The molecule has 0 saturated carbocycles. The number of carbonyl (C=O) groups is 1. The Balaban J connectivity index is 1.58. The second-order valence-corrected chi connectivity index (χ2v) is 5.97. The lowest BCUT2D eigenvalue weighted by atomic mass is 10.1. The summed E-state index contributed by atoms with van der Waals surface area (Å²) >= 11 is 0. The van der Waals surface area contributed by atoms with E-state index in [0.717, 1.165) is 30.8 Å². The van der Waals surface area contributed by atoms with Gasteiger partial charge in [0.1, 0.15) is 18.1 Å². The van der Waals surface area contributed by atoms with Gasteiger partial charge in [0.2, 0.25) is 0 Å². The summed E-state index contributed by atoms with van der Waals surface area (Å²) < 4.78 is 16.5. The molecule has 1 N–H and O–H groups in total. The molecule has 132 valence electrons. The first-order valence-corrected chi connectivity index (χ1v) is 8.51. The third kappa shape index (κ3) is 4.73. The molecule has 3 rings (SSSR count). The van der Waals surface area contributed by atoms with Crippen molar-refractivity contribution in [2.75, 3.05) is 20.3 Å². The molecule has 0 aromatic heterocycles. The smallest absolute Gasteiger partial charge is 0.255 e. The minimum absolute atomic E-state index is 0.121. The number of methoxy groups -OCH3 is 1. The fourth-order valence-corrected chi connectivity index (χ4v) is 2.76. The Kier molecular flexibility index (Phi) is 5.90. The number of hydrogen-bond donors (Lipinski definition) is 1. The van der Waals surface area contributed by atoms with Crippen molar-refractivity contribution >= 4 is 5.91 Å². The zero-order chi connectivity index (χ0) is 17.5. The molecule has 0 bridgehead atoms. The first kappa shape index (κ1) is 17.3. The maximum atomic E-state index is 12.5. The van der Waals surface area contributed by atoms with Gasteiger partial charge in [0.25, 0.3) is 5.91 Å². The van der Waals surface area contributed by atoms with Crippen LogP contribution in [-0.4, -0.2) is 32.3 Å². The Hall–Kier alpha value is -2.53. The van der Waals surface area contributed by atoms with Crippen LogP contribution in [0, 0.1) is 0 Å². The Labute approximate surface area is 147 Å². The minimum Gasteiger partial charge on any atom is -0.497 e. The van der Waals surface area contributed by atoms with Crippen molar-refractivity contribution < 1.29 is 19.0 Å². The summed E-state index contributed by atoms with van der Waals surface area (Å²) in [7, 11) is 1.63. The maximum absolute atomic E-state index is 12.5.